The van der Waals surface area contributed by atoms with Crippen LogP contribution < -0.4 is 10.1 Å². The molecular weight excluding hydrogens is 347 g/mol. The summed E-state index contributed by atoms with van der Waals surface area (Å²) in [5.74, 6) is 0.601. The first-order chi connectivity index (χ1) is 12.5. The highest BCUT2D eigenvalue weighted by Crippen LogP contribution is 2.17. The molecule has 0 saturated carbocycles. The molecule has 0 saturated heterocycles. The molecule has 3 nitrogen and oxygen atoms in total. The van der Waals surface area contributed by atoms with Crippen LogP contribution in [0.1, 0.15) is 19.4 Å². The molecule has 0 bridgehead atoms. The first-order valence-electron chi connectivity index (χ1n) is 8.30. The Labute approximate surface area is 158 Å². The summed E-state index contributed by atoms with van der Waals surface area (Å²) in [5.41, 5.74) is 1.72. The highest BCUT2D eigenvalue weighted by Gasteiger charge is 2.00. The van der Waals surface area contributed by atoms with Crippen LogP contribution in [-0.2, 0) is 0 Å². The summed E-state index contributed by atoms with van der Waals surface area (Å²) in [6.45, 7) is 9.01. The van der Waals surface area contributed by atoms with E-state index in [1.165, 1.54) is 23.9 Å². The monoisotopic (exact) mass is 370 g/mol. The molecule has 2 rings (SSSR count). The third-order valence-electron chi connectivity index (χ3n) is 3.43. The standard InChI is InChI=1S/C21H23FN2OS/c1-16(19-8-7-9-20(22)14-19)15-24-18(3)26-17(2)23-12-13-25-21-10-5-4-6-11-21/h4-11,14-15,23H,2,12-13H2,1,3H3/b16-15+,24-18?. The van der Waals surface area contributed by atoms with Gasteiger partial charge < -0.3 is 10.1 Å². The SMILES string of the molecule is C=C(NCCOc1ccccc1)SC(C)=N/C=C(\C)c1cccc(F)c1. The molecule has 0 spiro atoms. The maximum absolute atomic E-state index is 13.3. The maximum atomic E-state index is 13.3. The second-order valence-corrected chi connectivity index (χ2v) is 6.87. The normalized spacial score (nSPS) is 12.0. The molecule has 0 aromatic heterocycles. The fourth-order valence-electron chi connectivity index (χ4n) is 2.11. The van der Waals surface area contributed by atoms with Gasteiger partial charge in [0.15, 0.2) is 0 Å². The lowest BCUT2D eigenvalue weighted by Gasteiger charge is -2.10. The van der Waals surface area contributed by atoms with Crippen LogP contribution in [0.15, 0.2) is 77.4 Å². The molecule has 0 radical (unpaired) electrons. The fourth-order valence-corrected chi connectivity index (χ4v) is 2.75. The average Bonchev–Trinajstić information content (AvgIpc) is 2.64. The number of hydrogen-bond donors (Lipinski definition) is 1. The second kappa shape index (κ2) is 10.5. The number of ether oxygens (including phenoxy) is 1. The summed E-state index contributed by atoms with van der Waals surface area (Å²) in [4.78, 5) is 4.41. The Kier molecular flexibility index (Phi) is 7.96. The molecule has 26 heavy (non-hydrogen) atoms. The number of benzene rings is 2. The molecule has 0 amide bonds. The molecular formula is C21H23FN2OS. The molecule has 0 aliphatic carbocycles. The van der Waals surface area contributed by atoms with Gasteiger partial charge in [-0.15, -0.1) is 0 Å². The van der Waals surface area contributed by atoms with Crippen molar-refractivity contribution in [2.75, 3.05) is 13.2 Å². The van der Waals surface area contributed by atoms with Crippen molar-refractivity contribution in [1.82, 2.24) is 5.32 Å². The van der Waals surface area contributed by atoms with E-state index in [0.29, 0.717) is 13.2 Å². The van der Waals surface area contributed by atoms with E-state index in [1.807, 2.05) is 50.2 Å². The molecule has 2 aromatic carbocycles. The van der Waals surface area contributed by atoms with E-state index >= 15 is 0 Å². The van der Waals surface area contributed by atoms with Crippen LogP contribution in [-0.4, -0.2) is 18.2 Å². The number of allylic oxidation sites excluding steroid dienone is 1. The van der Waals surface area contributed by atoms with Crippen LogP contribution in [0.25, 0.3) is 5.57 Å². The molecule has 0 unspecified atom stereocenters. The molecule has 5 heteroatoms. The van der Waals surface area contributed by atoms with Gasteiger partial charge >= 0.3 is 0 Å². The molecule has 0 heterocycles. The number of nitrogens with zero attached hydrogens (tertiary/aromatic N) is 1. The minimum Gasteiger partial charge on any atom is -0.492 e. The van der Waals surface area contributed by atoms with E-state index in [9.17, 15) is 4.39 Å². The summed E-state index contributed by atoms with van der Waals surface area (Å²) in [6.07, 6.45) is 1.74. The number of hydrogen-bond acceptors (Lipinski definition) is 4. The average molecular weight is 370 g/mol. The molecule has 0 aliphatic rings. The summed E-state index contributed by atoms with van der Waals surface area (Å²) >= 11 is 1.46. The number of para-hydroxylation sites is 1. The Morgan fingerprint density at radius 1 is 1.19 bits per heavy atom. The van der Waals surface area contributed by atoms with E-state index < -0.39 is 0 Å². The predicted octanol–water partition coefficient (Wildman–Crippen LogP) is 5.48. The Hall–Kier alpha value is -2.53. The van der Waals surface area contributed by atoms with Gasteiger partial charge in [0.05, 0.1) is 10.1 Å². The number of rotatable bonds is 8. The van der Waals surface area contributed by atoms with Crippen LogP contribution >= 0.6 is 11.8 Å². The van der Waals surface area contributed by atoms with Crippen LogP contribution in [0, 0.1) is 5.82 Å². The van der Waals surface area contributed by atoms with Crippen LogP contribution in [0.4, 0.5) is 4.39 Å². The van der Waals surface area contributed by atoms with Crippen molar-refractivity contribution in [3.05, 3.63) is 83.8 Å². The minimum atomic E-state index is -0.249. The van der Waals surface area contributed by atoms with Crippen molar-refractivity contribution >= 4 is 22.4 Å². The van der Waals surface area contributed by atoms with Gasteiger partial charge in [0.2, 0.25) is 0 Å². The highest BCUT2D eigenvalue weighted by atomic mass is 32.2. The van der Waals surface area contributed by atoms with Gasteiger partial charge in [-0.3, -0.25) is 4.99 Å². The lowest BCUT2D eigenvalue weighted by atomic mass is 10.1. The number of thioether (sulfide) groups is 1. The zero-order chi connectivity index (χ0) is 18.8. The van der Waals surface area contributed by atoms with Crippen molar-refractivity contribution in [2.24, 2.45) is 4.99 Å². The quantitative estimate of drug-likeness (QED) is 0.380. The maximum Gasteiger partial charge on any atom is 0.123 e. The lowest BCUT2D eigenvalue weighted by Crippen LogP contribution is -2.19. The van der Waals surface area contributed by atoms with E-state index in [2.05, 4.69) is 16.9 Å². The van der Waals surface area contributed by atoms with Crippen LogP contribution in [0.5, 0.6) is 5.75 Å². The summed E-state index contributed by atoms with van der Waals surface area (Å²) in [5, 5.41) is 4.86. The topological polar surface area (TPSA) is 33.6 Å². The van der Waals surface area contributed by atoms with E-state index in [0.717, 1.165) is 27.0 Å². The molecule has 0 aliphatic heterocycles. The molecule has 136 valence electrons. The summed E-state index contributed by atoms with van der Waals surface area (Å²) in [7, 11) is 0. The van der Waals surface area contributed by atoms with E-state index in [-0.39, 0.29) is 5.82 Å². The smallest absolute Gasteiger partial charge is 0.123 e. The zero-order valence-corrected chi connectivity index (χ0v) is 15.9. The minimum absolute atomic E-state index is 0.249. The van der Waals surface area contributed by atoms with Gasteiger partial charge in [0, 0.05) is 12.7 Å². The van der Waals surface area contributed by atoms with E-state index in [4.69, 9.17) is 4.74 Å². The Morgan fingerprint density at radius 3 is 2.69 bits per heavy atom. The summed E-state index contributed by atoms with van der Waals surface area (Å²) in [6, 6.07) is 16.2. The molecule has 1 N–H and O–H groups in total. The van der Waals surface area contributed by atoms with E-state index in [1.54, 1.807) is 12.3 Å². The third kappa shape index (κ3) is 7.15. The van der Waals surface area contributed by atoms with Crippen LogP contribution in [0.3, 0.4) is 0 Å². The number of halogens is 1. The van der Waals surface area contributed by atoms with Crippen molar-refractivity contribution in [3.8, 4) is 5.75 Å². The Balaban J connectivity index is 1.75. The van der Waals surface area contributed by atoms with Gasteiger partial charge in [-0.1, -0.05) is 48.7 Å². The van der Waals surface area contributed by atoms with Crippen molar-refractivity contribution in [1.29, 1.82) is 0 Å². The zero-order valence-electron chi connectivity index (χ0n) is 15.0. The van der Waals surface area contributed by atoms with Crippen LogP contribution in [0.2, 0.25) is 0 Å². The van der Waals surface area contributed by atoms with Crippen molar-refractivity contribution in [3.63, 3.8) is 0 Å². The first kappa shape index (κ1) is 19.8. The van der Waals surface area contributed by atoms with Gasteiger partial charge in [-0.25, -0.2) is 4.39 Å². The first-order valence-corrected chi connectivity index (χ1v) is 9.12. The second-order valence-electron chi connectivity index (χ2n) is 5.58. The molecule has 0 atom stereocenters. The lowest BCUT2D eigenvalue weighted by molar-refractivity contribution is 0.320. The highest BCUT2D eigenvalue weighted by molar-refractivity contribution is 8.17. The van der Waals surface area contributed by atoms with Gasteiger partial charge in [0.1, 0.15) is 18.2 Å². The molecule has 0 fully saturated rings. The number of nitrogens with one attached hydrogen (secondary N) is 1. The van der Waals surface area contributed by atoms with Crippen molar-refractivity contribution < 1.29 is 9.13 Å². The van der Waals surface area contributed by atoms with Crippen molar-refractivity contribution in [2.45, 2.75) is 13.8 Å². The largest absolute Gasteiger partial charge is 0.492 e. The van der Waals surface area contributed by atoms with Gasteiger partial charge in [0.25, 0.3) is 0 Å². The molecule has 2 aromatic rings. The van der Waals surface area contributed by atoms with Gasteiger partial charge in [-0.05, 0) is 49.2 Å². The Morgan fingerprint density at radius 2 is 1.96 bits per heavy atom. The van der Waals surface area contributed by atoms with Gasteiger partial charge in [-0.2, -0.15) is 0 Å². The third-order valence-corrected chi connectivity index (χ3v) is 4.22. The predicted molar refractivity (Wildman–Crippen MR) is 110 cm³/mol. The Bertz CT molecular complexity index is 788. The number of aliphatic imine (C=N–C) groups is 1. The fraction of sp³-hybridized carbons (Fsp3) is 0.190. The summed E-state index contributed by atoms with van der Waals surface area (Å²) < 4.78 is 18.9.